The van der Waals surface area contributed by atoms with Crippen LogP contribution in [0, 0.1) is 5.82 Å². The molecule has 1 unspecified atom stereocenters. The lowest BCUT2D eigenvalue weighted by molar-refractivity contribution is 0.604. The van der Waals surface area contributed by atoms with Crippen molar-refractivity contribution in [2.45, 2.75) is 25.8 Å². The molecule has 2 nitrogen and oxygen atoms in total. The fourth-order valence-corrected chi connectivity index (χ4v) is 3.34. The van der Waals surface area contributed by atoms with Gasteiger partial charge in [-0.2, -0.15) is 0 Å². The van der Waals surface area contributed by atoms with Crippen molar-refractivity contribution in [2.75, 3.05) is 10.2 Å². The molecular formula is C17H16ClFN2S. The molecule has 2 aromatic rings. The number of thiocarbonyl (C=S) groups is 1. The summed E-state index contributed by atoms with van der Waals surface area (Å²) in [6.07, 6.45) is 1.79. The van der Waals surface area contributed by atoms with Gasteiger partial charge in [-0.15, -0.1) is 0 Å². The fourth-order valence-electron chi connectivity index (χ4n) is 2.77. The number of rotatable bonds is 1. The molecule has 0 aliphatic carbocycles. The smallest absolute Gasteiger partial charge is 0.178 e. The molecule has 0 saturated heterocycles. The van der Waals surface area contributed by atoms with Crippen molar-refractivity contribution < 1.29 is 4.39 Å². The minimum absolute atomic E-state index is 0.210. The number of halogens is 2. The first-order chi connectivity index (χ1) is 10.6. The predicted molar refractivity (Wildman–Crippen MR) is 94.3 cm³/mol. The van der Waals surface area contributed by atoms with Crippen LogP contribution in [0.15, 0.2) is 42.5 Å². The molecule has 0 spiro atoms. The third-order valence-corrected chi connectivity index (χ3v) is 4.54. The Morgan fingerprint density at radius 1 is 1.32 bits per heavy atom. The summed E-state index contributed by atoms with van der Waals surface area (Å²) in [5.74, 6) is -0.210. The van der Waals surface area contributed by atoms with Gasteiger partial charge < -0.3 is 10.2 Å². The van der Waals surface area contributed by atoms with Gasteiger partial charge >= 0.3 is 0 Å². The van der Waals surface area contributed by atoms with Gasteiger partial charge in [0.2, 0.25) is 0 Å². The number of nitrogens with zero attached hydrogens (tertiary/aromatic N) is 1. The van der Waals surface area contributed by atoms with E-state index in [9.17, 15) is 4.39 Å². The molecule has 1 atom stereocenters. The highest BCUT2D eigenvalue weighted by atomic mass is 35.5. The molecule has 2 aromatic carbocycles. The Morgan fingerprint density at radius 3 is 2.86 bits per heavy atom. The lowest BCUT2D eigenvalue weighted by Crippen LogP contribution is -2.44. The van der Waals surface area contributed by atoms with Crippen LogP contribution in [-0.4, -0.2) is 11.2 Å². The number of fused-ring (bicyclic) bond motifs is 1. The average Bonchev–Trinajstić information content (AvgIpc) is 2.49. The SMILES string of the molecule is CC1CCc2cc(F)ccc2N1C(=S)Nc1ccccc1Cl. The fraction of sp³-hybridized carbons (Fsp3) is 0.235. The zero-order valence-corrected chi connectivity index (χ0v) is 13.7. The topological polar surface area (TPSA) is 15.3 Å². The van der Waals surface area contributed by atoms with Gasteiger partial charge in [0.1, 0.15) is 5.82 Å². The number of hydrogen-bond donors (Lipinski definition) is 1. The van der Waals surface area contributed by atoms with E-state index in [2.05, 4.69) is 12.2 Å². The minimum atomic E-state index is -0.210. The van der Waals surface area contributed by atoms with Crippen LogP contribution in [0.2, 0.25) is 5.02 Å². The largest absolute Gasteiger partial charge is 0.331 e. The lowest BCUT2D eigenvalue weighted by Gasteiger charge is -2.37. The van der Waals surface area contributed by atoms with Gasteiger partial charge in [-0.3, -0.25) is 0 Å². The van der Waals surface area contributed by atoms with Gasteiger partial charge in [0.25, 0.3) is 0 Å². The molecule has 114 valence electrons. The number of benzene rings is 2. The maximum atomic E-state index is 13.4. The number of aryl methyl sites for hydroxylation is 1. The third kappa shape index (κ3) is 2.94. The Labute approximate surface area is 139 Å². The van der Waals surface area contributed by atoms with Crippen LogP contribution in [-0.2, 0) is 6.42 Å². The summed E-state index contributed by atoms with van der Waals surface area (Å²) in [5, 5.41) is 4.39. The molecular weight excluding hydrogens is 319 g/mol. The quantitative estimate of drug-likeness (QED) is 0.737. The van der Waals surface area contributed by atoms with Gasteiger partial charge in [0.15, 0.2) is 5.11 Å². The van der Waals surface area contributed by atoms with Crippen molar-refractivity contribution in [1.82, 2.24) is 0 Å². The average molecular weight is 335 g/mol. The number of hydrogen-bond acceptors (Lipinski definition) is 1. The summed E-state index contributed by atoms with van der Waals surface area (Å²) < 4.78 is 13.4. The van der Waals surface area contributed by atoms with Crippen molar-refractivity contribution in [3.63, 3.8) is 0 Å². The van der Waals surface area contributed by atoms with Gasteiger partial charge in [-0.05, 0) is 67.9 Å². The van der Waals surface area contributed by atoms with E-state index in [-0.39, 0.29) is 11.9 Å². The molecule has 1 heterocycles. The van der Waals surface area contributed by atoms with Crippen molar-refractivity contribution in [1.29, 1.82) is 0 Å². The van der Waals surface area contributed by atoms with Gasteiger partial charge in [0.05, 0.1) is 10.7 Å². The Kier molecular flexibility index (Phi) is 4.32. The van der Waals surface area contributed by atoms with Crippen molar-refractivity contribution in [3.05, 3.63) is 58.9 Å². The Hall–Kier alpha value is -1.65. The Bertz CT molecular complexity index is 720. The first-order valence-corrected chi connectivity index (χ1v) is 7.98. The zero-order chi connectivity index (χ0) is 15.7. The highest BCUT2D eigenvalue weighted by Gasteiger charge is 2.26. The first kappa shape index (κ1) is 15.3. The predicted octanol–water partition coefficient (Wildman–Crippen LogP) is 5.02. The van der Waals surface area contributed by atoms with E-state index in [1.165, 1.54) is 6.07 Å². The summed E-state index contributed by atoms with van der Waals surface area (Å²) in [4.78, 5) is 2.04. The first-order valence-electron chi connectivity index (χ1n) is 7.19. The lowest BCUT2D eigenvalue weighted by atomic mass is 9.97. The van der Waals surface area contributed by atoms with E-state index in [4.69, 9.17) is 23.8 Å². The van der Waals surface area contributed by atoms with Crippen LogP contribution < -0.4 is 10.2 Å². The van der Waals surface area contributed by atoms with E-state index >= 15 is 0 Å². The van der Waals surface area contributed by atoms with E-state index < -0.39 is 0 Å². The van der Waals surface area contributed by atoms with Crippen molar-refractivity contribution in [2.24, 2.45) is 0 Å². The van der Waals surface area contributed by atoms with E-state index in [0.717, 1.165) is 29.8 Å². The molecule has 1 aliphatic heterocycles. The monoisotopic (exact) mass is 334 g/mol. The molecule has 3 rings (SSSR count). The number of para-hydroxylation sites is 1. The van der Waals surface area contributed by atoms with Crippen LogP contribution in [0.4, 0.5) is 15.8 Å². The maximum Gasteiger partial charge on any atom is 0.178 e. The van der Waals surface area contributed by atoms with Crippen LogP contribution in [0.5, 0.6) is 0 Å². The normalized spacial score (nSPS) is 17.0. The second kappa shape index (κ2) is 6.23. The van der Waals surface area contributed by atoms with Gasteiger partial charge in [-0.1, -0.05) is 23.7 Å². The second-order valence-corrected chi connectivity index (χ2v) is 6.23. The molecule has 22 heavy (non-hydrogen) atoms. The third-order valence-electron chi connectivity index (χ3n) is 3.91. The van der Waals surface area contributed by atoms with Crippen LogP contribution >= 0.6 is 23.8 Å². The molecule has 5 heteroatoms. The standard InChI is InChI=1S/C17H16ClFN2S/c1-11-6-7-12-10-13(19)8-9-16(12)21(11)17(22)20-15-5-3-2-4-14(15)18/h2-5,8-11H,6-7H2,1H3,(H,20,22). The Balaban J connectivity index is 1.91. The van der Waals surface area contributed by atoms with Crippen molar-refractivity contribution in [3.8, 4) is 0 Å². The van der Waals surface area contributed by atoms with Crippen LogP contribution in [0.3, 0.4) is 0 Å². The maximum absolute atomic E-state index is 13.4. The van der Waals surface area contributed by atoms with Crippen LogP contribution in [0.25, 0.3) is 0 Å². The van der Waals surface area contributed by atoms with Gasteiger partial charge in [-0.25, -0.2) is 4.39 Å². The van der Waals surface area contributed by atoms with E-state index in [0.29, 0.717) is 10.1 Å². The molecule has 0 saturated carbocycles. The Morgan fingerprint density at radius 2 is 2.09 bits per heavy atom. The highest BCUT2D eigenvalue weighted by molar-refractivity contribution is 7.80. The summed E-state index contributed by atoms with van der Waals surface area (Å²) >= 11 is 11.7. The van der Waals surface area contributed by atoms with E-state index in [1.807, 2.05) is 29.2 Å². The summed E-state index contributed by atoms with van der Waals surface area (Å²) in [6, 6.07) is 12.6. The zero-order valence-electron chi connectivity index (χ0n) is 12.1. The molecule has 1 aliphatic rings. The summed E-state index contributed by atoms with van der Waals surface area (Å²) in [5.41, 5.74) is 2.72. The highest BCUT2D eigenvalue weighted by Crippen LogP contribution is 2.32. The summed E-state index contributed by atoms with van der Waals surface area (Å²) in [6.45, 7) is 2.12. The minimum Gasteiger partial charge on any atom is -0.331 e. The second-order valence-electron chi connectivity index (χ2n) is 5.44. The molecule has 0 amide bonds. The van der Waals surface area contributed by atoms with E-state index in [1.54, 1.807) is 12.1 Å². The molecule has 0 fully saturated rings. The number of anilines is 2. The molecule has 1 N–H and O–H groups in total. The molecule has 0 bridgehead atoms. The molecule has 0 aromatic heterocycles. The van der Waals surface area contributed by atoms with Gasteiger partial charge in [0, 0.05) is 11.7 Å². The van der Waals surface area contributed by atoms with Crippen LogP contribution in [0.1, 0.15) is 18.9 Å². The summed E-state index contributed by atoms with van der Waals surface area (Å²) in [7, 11) is 0. The number of nitrogens with one attached hydrogen (secondary N) is 1. The van der Waals surface area contributed by atoms with Crippen molar-refractivity contribution >= 4 is 40.3 Å². The molecule has 0 radical (unpaired) electrons.